The number of aliphatic hydroxyl groups excluding tert-OH is 2. The van der Waals surface area contributed by atoms with Crippen molar-refractivity contribution in [2.75, 3.05) is 14.1 Å². The molecule has 0 bridgehead atoms. The molecule has 3 unspecified atom stereocenters. The van der Waals surface area contributed by atoms with Crippen molar-refractivity contribution in [2.45, 2.75) is 30.6 Å². The van der Waals surface area contributed by atoms with E-state index in [1.807, 2.05) is 0 Å². The van der Waals surface area contributed by atoms with Crippen LogP contribution in [0.5, 0.6) is 0 Å². The lowest BCUT2D eigenvalue weighted by Gasteiger charge is -2.53. The Morgan fingerprint density at radius 2 is 1.77 bits per heavy atom. The third-order valence-corrected chi connectivity index (χ3v) is 6.92. The maximum absolute atomic E-state index is 13.6. The molecule has 1 fully saturated rings. The second-order valence-corrected chi connectivity index (χ2v) is 8.81. The van der Waals surface area contributed by atoms with Gasteiger partial charge >= 0.3 is 0 Å². The molecule has 1 amide bonds. The molecule has 31 heavy (non-hydrogen) atoms. The van der Waals surface area contributed by atoms with Crippen molar-refractivity contribution in [1.82, 2.24) is 4.90 Å². The predicted octanol–water partition coefficient (Wildman–Crippen LogP) is -0.0766. The summed E-state index contributed by atoms with van der Waals surface area (Å²) in [6, 6.07) is 5.31. The molecular weight excluding hydrogens is 404 g/mol. The van der Waals surface area contributed by atoms with E-state index in [4.69, 9.17) is 5.73 Å². The van der Waals surface area contributed by atoms with Gasteiger partial charge in [0.2, 0.25) is 5.78 Å². The van der Waals surface area contributed by atoms with E-state index < -0.39 is 63.6 Å². The number of hydrogen-bond donors (Lipinski definition) is 5. The Balaban J connectivity index is 2.03. The molecule has 164 valence electrons. The van der Waals surface area contributed by atoms with Crippen LogP contribution in [-0.4, -0.2) is 68.5 Å². The zero-order valence-corrected chi connectivity index (χ0v) is 17.3. The number of primary amides is 1. The molecule has 3 aliphatic carbocycles. The number of likely N-dealkylation sites (N-methyl/N-ethyl adjacent to an activating group) is 1. The fraction of sp³-hybridized carbons (Fsp3) is 0.409. The van der Waals surface area contributed by atoms with Crippen molar-refractivity contribution in [3.8, 4) is 0 Å². The first-order valence-corrected chi connectivity index (χ1v) is 9.83. The normalized spacial score (nSPS) is 35.1. The van der Waals surface area contributed by atoms with Crippen molar-refractivity contribution >= 4 is 23.2 Å². The number of benzene rings is 1. The second-order valence-electron chi connectivity index (χ2n) is 8.81. The van der Waals surface area contributed by atoms with E-state index in [-0.39, 0.29) is 17.6 Å². The minimum absolute atomic E-state index is 0.117. The maximum atomic E-state index is 13.6. The van der Waals surface area contributed by atoms with Crippen LogP contribution in [0.25, 0.3) is 5.76 Å². The molecule has 9 heteroatoms. The summed E-state index contributed by atoms with van der Waals surface area (Å²) in [5, 5.41) is 44.6. The highest BCUT2D eigenvalue weighted by Crippen LogP contribution is 2.56. The summed E-state index contributed by atoms with van der Waals surface area (Å²) in [5.41, 5.74) is 0.555. The van der Waals surface area contributed by atoms with Gasteiger partial charge in [-0.05, 0) is 33.0 Å². The molecule has 1 saturated carbocycles. The summed E-state index contributed by atoms with van der Waals surface area (Å²) in [7, 11) is 3.07. The van der Waals surface area contributed by atoms with Crippen LogP contribution in [-0.2, 0) is 20.0 Å². The smallest absolute Gasteiger partial charge is 0.255 e. The highest BCUT2D eigenvalue weighted by Gasteiger charge is 2.66. The molecule has 0 radical (unpaired) electrons. The van der Waals surface area contributed by atoms with Crippen molar-refractivity contribution in [3.63, 3.8) is 0 Å². The first-order valence-electron chi connectivity index (χ1n) is 9.83. The first-order chi connectivity index (χ1) is 14.4. The molecule has 9 nitrogen and oxygen atoms in total. The van der Waals surface area contributed by atoms with Crippen LogP contribution >= 0.6 is 0 Å². The van der Waals surface area contributed by atoms with Gasteiger partial charge in [0.1, 0.15) is 17.1 Å². The van der Waals surface area contributed by atoms with E-state index in [1.165, 1.54) is 32.0 Å². The van der Waals surface area contributed by atoms with E-state index in [0.29, 0.717) is 5.56 Å². The lowest BCUT2D eigenvalue weighted by molar-refractivity contribution is -0.159. The van der Waals surface area contributed by atoms with Crippen LogP contribution in [0, 0.1) is 11.8 Å². The van der Waals surface area contributed by atoms with Crippen molar-refractivity contribution in [3.05, 3.63) is 52.3 Å². The van der Waals surface area contributed by atoms with Gasteiger partial charge in [-0.3, -0.25) is 19.3 Å². The van der Waals surface area contributed by atoms with Crippen LogP contribution in [0.4, 0.5) is 0 Å². The number of Topliss-reactive ketones (excluding diaryl/α,β-unsaturated/α-hetero) is 2. The van der Waals surface area contributed by atoms with Gasteiger partial charge in [0.05, 0.1) is 11.6 Å². The van der Waals surface area contributed by atoms with Crippen molar-refractivity contribution in [1.29, 1.82) is 0 Å². The molecule has 0 heterocycles. The van der Waals surface area contributed by atoms with Gasteiger partial charge in [-0.2, -0.15) is 0 Å². The van der Waals surface area contributed by atoms with E-state index in [9.17, 15) is 34.8 Å². The van der Waals surface area contributed by atoms with Crippen LogP contribution in [0.3, 0.4) is 0 Å². The van der Waals surface area contributed by atoms with Gasteiger partial charge in [-0.15, -0.1) is 0 Å². The second kappa shape index (κ2) is 6.49. The predicted molar refractivity (Wildman–Crippen MR) is 108 cm³/mol. The molecular formula is C22H24N2O7. The quantitative estimate of drug-likeness (QED) is 0.409. The number of nitrogens with two attached hydrogens (primary N) is 1. The summed E-state index contributed by atoms with van der Waals surface area (Å²) in [5.74, 6) is -6.84. The third kappa shape index (κ3) is 2.51. The minimum Gasteiger partial charge on any atom is -0.508 e. The number of nitrogens with zero attached hydrogens (tertiary/aromatic N) is 1. The number of hydrogen-bond acceptors (Lipinski definition) is 8. The number of rotatable bonds is 2. The molecule has 1 aromatic rings. The Kier molecular flexibility index (Phi) is 4.45. The number of amides is 1. The summed E-state index contributed by atoms with van der Waals surface area (Å²) < 4.78 is 0. The van der Waals surface area contributed by atoms with Gasteiger partial charge in [-0.1, -0.05) is 24.3 Å². The number of aliphatic hydroxyl groups is 4. The summed E-state index contributed by atoms with van der Waals surface area (Å²) in [6.07, 6.45) is -0.117. The molecule has 0 aliphatic heterocycles. The zero-order valence-electron chi connectivity index (χ0n) is 17.3. The molecule has 0 saturated heterocycles. The average Bonchev–Trinajstić information content (AvgIpc) is 2.68. The van der Waals surface area contributed by atoms with Gasteiger partial charge in [0, 0.05) is 23.0 Å². The van der Waals surface area contributed by atoms with Crippen molar-refractivity contribution < 1.29 is 34.8 Å². The summed E-state index contributed by atoms with van der Waals surface area (Å²) in [6.45, 7) is 1.50. The largest absolute Gasteiger partial charge is 0.508 e. The number of ketones is 2. The fourth-order valence-corrected chi connectivity index (χ4v) is 5.43. The van der Waals surface area contributed by atoms with E-state index in [1.54, 1.807) is 18.2 Å². The van der Waals surface area contributed by atoms with Gasteiger partial charge < -0.3 is 26.2 Å². The van der Waals surface area contributed by atoms with E-state index in [2.05, 4.69) is 0 Å². The zero-order chi connectivity index (χ0) is 23.0. The number of carbonyl (C=O) groups is 3. The minimum atomic E-state index is -2.66. The van der Waals surface area contributed by atoms with Gasteiger partial charge in [0.25, 0.3) is 5.91 Å². The highest BCUT2D eigenvalue weighted by atomic mass is 16.3. The Morgan fingerprint density at radius 3 is 2.35 bits per heavy atom. The Labute approximate surface area is 178 Å². The molecule has 3 aliphatic rings. The Morgan fingerprint density at radius 1 is 1.16 bits per heavy atom. The SMILES string of the molecule is CN(C)[C@@H]1C(=O)C(C(N)=O)=C(O)[C@@]2(O)C(=O)C3=C(O)c4ccccc4C(C)(O)C3CC12. The topological polar surface area (TPSA) is 161 Å². The molecule has 6 N–H and O–H groups in total. The third-order valence-electron chi connectivity index (χ3n) is 6.92. The van der Waals surface area contributed by atoms with Crippen LogP contribution in [0.1, 0.15) is 24.5 Å². The van der Waals surface area contributed by atoms with Gasteiger partial charge in [0.15, 0.2) is 11.4 Å². The van der Waals surface area contributed by atoms with E-state index in [0.717, 1.165) is 0 Å². The molecule has 4 rings (SSSR count). The van der Waals surface area contributed by atoms with Crippen LogP contribution in [0.2, 0.25) is 0 Å². The monoisotopic (exact) mass is 428 g/mol. The Bertz CT molecular complexity index is 1100. The highest BCUT2D eigenvalue weighted by molar-refractivity contribution is 6.24. The van der Waals surface area contributed by atoms with Crippen molar-refractivity contribution in [2.24, 2.45) is 17.6 Å². The lowest BCUT2D eigenvalue weighted by atomic mass is 9.54. The standard InChI is InChI=1S/C22H24N2O7/c1-21(30)10-7-5-4-6-9(10)16(25)13-11(21)8-12-15(24(2)3)17(26)14(20(23)29)19(28)22(12,31)18(13)27/h4-7,11-12,15,25,28,30-31H,8H2,1-3H3,(H2,23,29)/t11?,12?,15-,21?,22-/m0/s1. The summed E-state index contributed by atoms with van der Waals surface area (Å²) >= 11 is 0. The Hall–Kier alpha value is -3.01. The van der Waals surface area contributed by atoms with E-state index >= 15 is 0 Å². The molecule has 0 spiro atoms. The number of carbonyl (C=O) groups excluding carboxylic acids is 3. The average molecular weight is 428 g/mol. The maximum Gasteiger partial charge on any atom is 0.255 e. The fourth-order valence-electron chi connectivity index (χ4n) is 5.43. The first kappa shape index (κ1) is 21.2. The van der Waals surface area contributed by atoms with Gasteiger partial charge in [-0.25, -0.2) is 0 Å². The molecule has 5 atom stereocenters. The lowest BCUT2D eigenvalue weighted by Crippen LogP contribution is -2.67. The van der Waals surface area contributed by atoms with Crippen LogP contribution < -0.4 is 5.73 Å². The number of fused-ring (bicyclic) bond motifs is 3. The van der Waals surface area contributed by atoms with Crippen LogP contribution in [0.15, 0.2) is 41.2 Å². The molecule has 0 aromatic heterocycles. The molecule has 1 aromatic carbocycles. The summed E-state index contributed by atoms with van der Waals surface area (Å²) in [4.78, 5) is 40.0.